The third-order valence-electron chi connectivity index (χ3n) is 4.01. The Morgan fingerprint density at radius 1 is 1.03 bits per heavy atom. The minimum Gasteiger partial charge on any atom is -0.502 e. The lowest BCUT2D eigenvalue weighted by atomic mass is 10.1. The lowest BCUT2D eigenvalue weighted by Crippen LogP contribution is -2.09. The summed E-state index contributed by atoms with van der Waals surface area (Å²) in [5, 5.41) is 10.6. The van der Waals surface area contributed by atoms with E-state index in [2.05, 4.69) is 4.98 Å². The molecular weight excluding hydrogens is 405 g/mol. The van der Waals surface area contributed by atoms with Gasteiger partial charge in [0.05, 0.1) is 31.7 Å². The van der Waals surface area contributed by atoms with Crippen molar-refractivity contribution in [2.75, 3.05) is 14.2 Å². The molecule has 0 bridgehead atoms. The third kappa shape index (κ3) is 5.85. The van der Waals surface area contributed by atoms with Crippen molar-refractivity contribution in [1.82, 2.24) is 4.98 Å². The normalized spacial score (nSPS) is 12.5. The number of hydrogen-bond donors (Lipinski definition) is 1. The predicted octanol–water partition coefficient (Wildman–Crippen LogP) is 5.65. The Morgan fingerprint density at radius 2 is 1.57 bits per heavy atom. The highest BCUT2D eigenvalue weighted by molar-refractivity contribution is 7.65. The van der Waals surface area contributed by atoms with Gasteiger partial charge in [0, 0.05) is 17.5 Å². The van der Waals surface area contributed by atoms with Crippen molar-refractivity contribution in [2.24, 2.45) is 0 Å². The summed E-state index contributed by atoms with van der Waals surface area (Å²) < 4.78 is 36.1. The molecule has 0 unspecified atom stereocenters. The molecule has 0 aliphatic heterocycles. The zero-order valence-corrected chi connectivity index (χ0v) is 19.4. The van der Waals surface area contributed by atoms with Crippen molar-refractivity contribution in [3.8, 4) is 17.2 Å². The van der Waals surface area contributed by atoms with Crippen LogP contribution in [0.3, 0.4) is 0 Å². The molecule has 1 aromatic carbocycles. The van der Waals surface area contributed by atoms with Crippen molar-refractivity contribution < 1.29 is 28.2 Å². The lowest BCUT2D eigenvalue weighted by molar-refractivity contribution is 0.151. The topological polar surface area (TPSA) is 87.1 Å². The number of benzene rings is 1. The van der Waals surface area contributed by atoms with Crippen LogP contribution in [0, 0.1) is 6.92 Å². The Kier molecular flexibility index (Phi) is 8.07. The van der Waals surface area contributed by atoms with Gasteiger partial charge in [-0.3, -0.25) is 9.55 Å². The number of aromatic hydroxyl groups is 1. The van der Waals surface area contributed by atoms with Gasteiger partial charge in [0.15, 0.2) is 11.5 Å². The van der Waals surface area contributed by atoms with E-state index in [0.717, 1.165) is 5.69 Å². The van der Waals surface area contributed by atoms with E-state index in [1.807, 2.05) is 19.1 Å². The van der Waals surface area contributed by atoms with Crippen LogP contribution in [0.1, 0.15) is 44.5 Å². The van der Waals surface area contributed by atoms with Crippen LogP contribution in [0.15, 0.2) is 30.5 Å². The molecule has 8 heteroatoms. The van der Waals surface area contributed by atoms with Crippen molar-refractivity contribution in [1.29, 1.82) is 0 Å². The summed E-state index contributed by atoms with van der Waals surface area (Å²) in [6, 6.07) is 6.89. The summed E-state index contributed by atoms with van der Waals surface area (Å²) >= 11 is 0. The maximum atomic E-state index is 13.9. The average Bonchev–Trinajstić information content (AvgIpc) is 2.66. The van der Waals surface area contributed by atoms with Gasteiger partial charge in [-0.15, -0.1) is 0 Å². The van der Waals surface area contributed by atoms with Gasteiger partial charge in [0.1, 0.15) is 0 Å². The molecule has 0 spiro atoms. The van der Waals surface area contributed by atoms with E-state index in [1.165, 1.54) is 14.2 Å². The summed E-state index contributed by atoms with van der Waals surface area (Å²) in [5.74, 6) is 0.341. The van der Waals surface area contributed by atoms with Crippen molar-refractivity contribution >= 4 is 19.0 Å². The fourth-order valence-corrected chi connectivity index (χ4v) is 4.93. The Balaban J connectivity index is 2.75. The highest BCUT2D eigenvalue weighted by atomic mass is 31.2. The standard InChI is InChI=1S/C22H30NO6P/c1-14(2)28-30(25,29-15(3)4)21(18-9-8-16(5)23-13-18)12-17-10-19(26-6)22(24)20(11-17)27-7/h8-15,24H,1-7H3/b21-12+. The van der Waals surface area contributed by atoms with Gasteiger partial charge in [0.25, 0.3) is 0 Å². The molecule has 30 heavy (non-hydrogen) atoms. The molecule has 0 saturated carbocycles. The molecule has 7 nitrogen and oxygen atoms in total. The zero-order valence-electron chi connectivity index (χ0n) is 18.5. The fraction of sp³-hybridized carbons (Fsp3) is 0.409. The van der Waals surface area contributed by atoms with Crippen LogP contribution in [0.25, 0.3) is 11.4 Å². The second kappa shape index (κ2) is 10.1. The van der Waals surface area contributed by atoms with Gasteiger partial charge < -0.3 is 23.6 Å². The van der Waals surface area contributed by atoms with Crippen LogP contribution in [0.4, 0.5) is 0 Å². The van der Waals surface area contributed by atoms with Gasteiger partial charge in [-0.1, -0.05) is 6.07 Å². The van der Waals surface area contributed by atoms with Crippen LogP contribution in [-0.2, 0) is 13.6 Å². The number of phenolic OH excluding ortho intramolecular Hbond substituents is 1. The first-order chi connectivity index (χ1) is 14.1. The number of rotatable bonds is 9. The molecule has 2 aromatic rings. The van der Waals surface area contributed by atoms with E-state index in [1.54, 1.807) is 52.1 Å². The quantitative estimate of drug-likeness (QED) is 0.509. The van der Waals surface area contributed by atoms with Crippen molar-refractivity contribution in [3.63, 3.8) is 0 Å². The largest absolute Gasteiger partial charge is 0.502 e. The van der Waals surface area contributed by atoms with Crippen LogP contribution in [-0.4, -0.2) is 36.5 Å². The molecule has 0 aliphatic rings. The van der Waals surface area contributed by atoms with Crippen LogP contribution < -0.4 is 9.47 Å². The van der Waals surface area contributed by atoms with Gasteiger partial charge >= 0.3 is 7.60 Å². The van der Waals surface area contributed by atoms with Gasteiger partial charge in [-0.05, 0) is 64.5 Å². The molecule has 0 aliphatic carbocycles. The summed E-state index contributed by atoms with van der Waals surface area (Å²) in [6.45, 7) is 9.07. The van der Waals surface area contributed by atoms with E-state index in [-0.39, 0.29) is 29.5 Å². The molecule has 0 amide bonds. The second-order valence-electron chi connectivity index (χ2n) is 7.30. The number of nitrogens with zero attached hydrogens (tertiary/aromatic N) is 1. The molecule has 1 aromatic heterocycles. The molecular formula is C22H30NO6P. The minimum absolute atomic E-state index is 0.115. The van der Waals surface area contributed by atoms with Crippen LogP contribution in [0.2, 0.25) is 0 Å². The number of ether oxygens (including phenoxy) is 2. The van der Waals surface area contributed by atoms with E-state index in [4.69, 9.17) is 18.5 Å². The molecule has 1 N–H and O–H groups in total. The Bertz CT molecular complexity index is 898. The van der Waals surface area contributed by atoms with Crippen molar-refractivity contribution in [3.05, 3.63) is 47.3 Å². The summed E-state index contributed by atoms with van der Waals surface area (Å²) in [4.78, 5) is 4.33. The predicted molar refractivity (Wildman–Crippen MR) is 118 cm³/mol. The molecule has 0 fully saturated rings. The van der Waals surface area contributed by atoms with Crippen LogP contribution >= 0.6 is 7.60 Å². The van der Waals surface area contributed by atoms with Gasteiger partial charge in [-0.2, -0.15) is 0 Å². The number of aryl methyl sites for hydroxylation is 1. The monoisotopic (exact) mass is 435 g/mol. The number of phenols is 1. The maximum Gasteiger partial charge on any atom is 0.362 e. The Morgan fingerprint density at radius 3 is 1.97 bits per heavy atom. The lowest BCUT2D eigenvalue weighted by Gasteiger charge is -2.25. The SMILES string of the molecule is COc1cc(/C=C(\c2ccc(C)nc2)P(=O)(OC(C)C)OC(C)C)cc(OC)c1O. The first-order valence-corrected chi connectivity index (χ1v) is 11.2. The summed E-state index contributed by atoms with van der Waals surface area (Å²) in [6.07, 6.45) is 2.65. The third-order valence-corrected chi connectivity index (χ3v) is 6.38. The zero-order chi connectivity index (χ0) is 22.5. The maximum absolute atomic E-state index is 13.9. The second-order valence-corrected chi connectivity index (χ2v) is 9.20. The first-order valence-electron chi connectivity index (χ1n) is 9.66. The Hall–Kier alpha value is -2.34. The van der Waals surface area contributed by atoms with Gasteiger partial charge in [0.2, 0.25) is 5.75 Å². The molecule has 2 rings (SSSR count). The highest BCUT2D eigenvalue weighted by Crippen LogP contribution is 2.62. The van der Waals surface area contributed by atoms with E-state index < -0.39 is 7.60 Å². The minimum atomic E-state index is -3.73. The molecule has 164 valence electrons. The fourth-order valence-electron chi connectivity index (χ4n) is 2.79. The number of aromatic nitrogens is 1. The van der Waals surface area contributed by atoms with Crippen LogP contribution in [0.5, 0.6) is 17.2 Å². The van der Waals surface area contributed by atoms with E-state index in [9.17, 15) is 9.67 Å². The van der Waals surface area contributed by atoms with Gasteiger partial charge in [-0.25, -0.2) is 0 Å². The molecule has 1 heterocycles. The molecule has 0 radical (unpaired) electrons. The smallest absolute Gasteiger partial charge is 0.362 e. The molecule has 0 saturated heterocycles. The summed E-state index contributed by atoms with van der Waals surface area (Å²) in [7, 11) is -0.835. The van der Waals surface area contributed by atoms with E-state index in [0.29, 0.717) is 16.4 Å². The average molecular weight is 435 g/mol. The number of methoxy groups -OCH3 is 2. The molecule has 0 atom stereocenters. The van der Waals surface area contributed by atoms with E-state index >= 15 is 0 Å². The first kappa shape index (κ1) is 23.9. The number of pyridine rings is 1. The van der Waals surface area contributed by atoms with Crippen molar-refractivity contribution in [2.45, 2.75) is 46.8 Å². The highest BCUT2D eigenvalue weighted by Gasteiger charge is 2.34. The number of hydrogen-bond acceptors (Lipinski definition) is 7. The summed E-state index contributed by atoms with van der Waals surface area (Å²) in [5.41, 5.74) is 2.03. The Labute approximate surface area is 178 Å².